The van der Waals surface area contributed by atoms with Crippen LogP contribution >= 0.6 is 0 Å². The summed E-state index contributed by atoms with van der Waals surface area (Å²) in [4.78, 5) is 51.5. The Labute approximate surface area is 226 Å². The predicted octanol–water partition coefficient (Wildman–Crippen LogP) is 4.35. The first-order valence-electron chi connectivity index (χ1n) is 13.7. The molecule has 12 heteroatoms. The summed E-state index contributed by atoms with van der Waals surface area (Å²) in [6.07, 6.45) is 0.157. The fourth-order valence-corrected chi connectivity index (χ4v) is 8.82. The summed E-state index contributed by atoms with van der Waals surface area (Å²) < 4.78 is 74.6. The topological polar surface area (TPSA) is 132 Å². The van der Waals surface area contributed by atoms with Crippen molar-refractivity contribution in [2.45, 2.75) is 90.0 Å². The Morgan fingerprint density at radius 1 is 1.13 bits per heavy atom. The number of hydrogen-bond acceptors (Lipinski definition) is 7. The minimum atomic E-state index is -6.01. The molecule has 0 aromatic carbocycles. The van der Waals surface area contributed by atoms with E-state index >= 15 is 0 Å². The highest BCUT2D eigenvalue weighted by molar-refractivity contribution is 7.86. The molecule has 220 valence electrons. The van der Waals surface area contributed by atoms with Crippen molar-refractivity contribution < 1.29 is 50.1 Å². The quantitative estimate of drug-likeness (QED) is 0.332. The van der Waals surface area contributed by atoms with Crippen LogP contribution in [0.25, 0.3) is 0 Å². The minimum absolute atomic E-state index is 0.0202. The summed E-state index contributed by atoms with van der Waals surface area (Å²) in [5, 5.41) is -5.10. The molecule has 0 bridgehead atoms. The Morgan fingerprint density at radius 2 is 1.79 bits per heavy atom. The molecule has 0 spiro atoms. The van der Waals surface area contributed by atoms with Gasteiger partial charge in [0.05, 0.1) is 0 Å². The lowest BCUT2D eigenvalue weighted by molar-refractivity contribution is -0.166. The minimum Gasteiger partial charge on any atom is -0.462 e. The second kappa shape index (κ2) is 10.2. The first-order valence-corrected chi connectivity index (χ1v) is 15.1. The molecule has 0 aliphatic heterocycles. The van der Waals surface area contributed by atoms with Crippen molar-refractivity contribution in [3.63, 3.8) is 0 Å². The molecule has 4 saturated carbocycles. The molecule has 4 fully saturated rings. The zero-order valence-corrected chi connectivity index (χ0v) is 23.3. The molecule has 0 amide bonds. The van der Waals surface area contributed by atoms with Crippen molar-refractivity contribution in [2.24, 2.45) is 46.3 Å². The van der Waals surface area contributed by atoms with E-state index in [1.165, 1.54) is 0 Å². The monoisotopic (exact) mass is 578 g/mol. The third kappa shape index (κ3) is 4.97. The van der Waals surface area contributed by atoms with Gasteiger partial charge in [-0.15, -0.1) is 0 Å². The Kier molecular flexibility index (Phi) is 7.90. The molecule has 4 rings (SSSR count). The van der Waals surface area contributed by atoms with Gasteiger partial charge in [0.2, 0.25) is 6.17 Å². The second-order valence-electron chi connectivity index (χ2n) is 12.7. The van der Waals surface area contributed by atoms with Crippen molar-refractivity contribution in [1.82, 2.24) is 0 Å². The third-order valence-electron chi connectivity index (χ3n) is 10.8. The highest BCUT2D eigenvalue weighted by Gasteiger charge is 2.66. The van der Waals surface area contributed by atoms with Crippen molar-refractivity contribution in [3.05, 3.63) is 0 Å². The van der Waals surface area contributed by atoms with Crippen LogP contribution in [-0.2, 0) is 34.0 Å². The molecule has 0 heterocycles. The maximum atomic E-state index is 13.8. The number of hydrogen-bond donors (Lipinski definition) is 1. The van der Waals surface area contributed by atoms with E-state index in [0.717, 1.165) is 0 Å². The number of alkyl halides is 3. The van der Waals surface area contributed by atoms with Crippen LogP contribution in [0.5, 0.6) is 0 Å². The molecule has 4 aliphatic carbocycles. The van der Waals surface area contributed by atoms with Gasteiger partial charge in [0, 0.05) is 43.4 Å². The molecule has 2 unspecified atom stereocenters. The van der Waals surface area contributed by atoms with Gasteiger partial charge in [0.1, 0.15) is 24.0 Å². The number of rotatable bonds is 8. The molecule has 0 saturated heterocycles. The number of halogens is 3. The lowest BCUT2D eigenvalue weighted by Crippen LogP contribution is -2.60. The van der Waals surface area contributed by atoms with E-state index in [1.54, 1.807) is 0 Å². The summed E-state index contributed by atoms with van der Waals surface area (Å²) in [5.41, 5.74) is -0.979. The molecule has 0 aromatic heterocycles. The van der Waals surface area contributed by atoms with Crippen molar-refractivity contribution in [1.29, 1.82) is 0 Å². The van der Waals surface area contributed by atoms with Crippen LogP contribution in [-0.4, -0.2) is 54.3 Å². The number of ketones is 3. The van der Waals surface area contributed by atoms with E-state index in [-0.39, 0.29) is 77.5 Å². The van der Waals surface area contributed by atoms with Gasteiger partial charge in [0.25, 0.3) is 0 Å². The Balaban J connectivity index is 1.40. The third-order valence-corrected chi connectivity index (χ3v) is 11.8. The van der Waals surface area contributed by atoms with E-state index in [0.29, 0.717) is 38.5 Å². The van der Waals surface area contributed by atoms with Gasteiger partial charge in [-0.25, -0.2) is 4.39 Å². The number of fused-ring (bicyclic) bond motifs is 5. The van der Waals surface area contributed by atoms with Gasteiger partial charge in [-0.3, -0.25) is 23.7 Å². The van der Waals surface area contributed by atoms with Crippen molar-refractivity contribution in [2.75, 3.05) is 6.61 Å². The SMILES string of the molecule is CC(CCC(=O)OCC(F)C(F)(F)S(=O)(=O)O)[C@H]1CC[C@H]2[C@@H]3C(=O)C[C@@H]4CC(=O)CC[C@]4(C)[C@H]3CC(=O)[C@]12C. The van der Waals surface area contributed by atoms with Gasteiger partial charge in [-0.05, 0) is 60.7 Å². The molecule has 1 N–H and O–H groups in total. The highest BCUT2D eigenvalue weighted by atomic mass is 32.2. The van der Waals surface area contributed by atoms with Crippen LogP contribution < -0.4 is 0 Å². The van der Waals surface area contributed by atoms with Crippen molar-refractivity contribution in [3.8, 4) is 0 Å². The summed E-state index contributed by atoms with van der Waals surface area (Å²) in [5.74, 6) is -1.33. The van der Waals surface area contributed by atoms with Gasteiger partial charge in [-0.1, -0.05) is 20.8 Å². The second-order valence-corrected chi connectivity index (χ2v) is 14.1. The summed E-state index contributed by atoms with van der Waals surface area (Å²) in [6.45, 7) is 4.40. The molecule has 39 heavy (non-hydrogen) atoms. The van der Waals surface area contributed by atoms with Gasteiger partial charge < -0.3 is 4.74 Å². The van der Waals surface area contributed by atoms with Crippen LogP contribution in [0.1, 0.15) is 78.6 Å². The van der Waals surface area contributed by atoms with Gasteiger partial charge >= 0.3 is 21.3 Å². The Morgan fingerprint density at radius 3 is 2.44 bits per heavy atom. The van der Waals surface area contributed by atoms with E-state index in [1.807, 2.05) is 13.8 Å². The van der Waals surface area contributed by atoms with Crippen molar-refractivity contribution >= 4 is 33.4 Å². The smallest absolute Gasteiger partial charge is 0.403 e. The van der Waals surface area contributed by atoms with E-state index in [4.69, 9.17) is 4.55 Å². The lowest BCUT2D eigenvalue weighted by Gasteiger charge is -2.58. The Hall–Kier alpha value is -1.82. The van der Waals surface area contributed by atoms with Crippen LogP contribution in [0.4, 0.5) is 13.2 Å². The Bertz CT molecular complexity index is 1160. The summed E-state index contributed by atoms with van der Waals surface area (Å²) >= 11 is 0. The average molecular weight is 579 g/mol. The van der Waals surface area contributed by atoms with E-state index < -0.39 is 39.5 Å². The molecular formula is C27H37F3O8S. The van der Waals surface area contributed by atoms with Crippen LogP contribution in [0.15, 0.2) is 0 Å². The van der Waals surface area contributed by atoms with Crippen LogP contribution in [0.2, 0.25) is 0 Å². The van der Waals surface area contributed by atoms with Crippen LogP contribution in [0.3, 0.4) is 0 Å². The average Bonchev–Trinajstić information content (AvgIpc) is 3.20. The first kappa shape index (κ1) is 30.1. The zero-order valence-electron chi connectivity index (χ0n) is 22.5. The van der Waals surface area contributed by atoms with E-state index in [9.17, 15) is 40.8 Å². The number of ether oxygens (including phenoxy) is 1. The maximum Gasteiger partial charge on any atom is 0.403 e. The number of Topliss-reactive ketones (excluding diaryl/α,β-unsaturated/α-hetero) is 3. The predicted molar refractivity (Wildman–Crippen MR) is 132 cm³/mol. The molecule has 8 nitrogen and oxygen atoms in total. The number of carbonyl (C=O) groups is 4. The normalized spacial score (nSPS) is 38.4. The lowest BCUT2D eigenvalue weighted by atomic mass is 9.44. The fraction of sp³-hybridized carbons (Fsp3) is 0.852. The zero-order chi connectivity index (χ0) is 29.1. The highest BCUT2D eigenvalue weighted by Crippen LogP contribution is 2.66. The molecule has 0 radical (unpaired) electrons. The number of carbonyl (C=O) groups excluding carboxylic acids is 4. The van der Waals surface area contributed by atoms with Crippen LogP contribution in [0, 0.1) is 46.3 Å². The largest absolute Gasteiger partial charge is 0.462 e. The standard InChI is InChI=1S/C27H37F3O8S/c1-14(4-7-23(34)38-13-21(28)27(29,30)39(35,36)37)17-5-6-18-24-19(12-22(33)26(17,18)3)25(2)9-8-16(31)10-15(25)11-20(24)32/h14-15,17-19,21,24H,4-13H2,1-3H3,(H,35,36,37)/t14?,15-,17+,18-,19-,21?,24-,25-,26+/m0/s1. The van der Waals surface area contributed by atoms with Gasteiger partial charge in [0.15, 0.2) is 0 Å². The number of esters is 1. The van der Waals surface area contributed by atoms with Gasteiger partial charge in [-0.2, -0.15) is 17.2 Å². The molecule has 9 atom stereocenters. The maximum absolute atomic E-state index is 13.8. The molecular weight excluding hydrogens is 541 g/mol. The fourth-order valence-electron chi connectivity index (χ4n) is 8.43. The summed E-state index contributed by atoms with van der Waals surface area (Å²) in [7, 11) is -6.01. The first-order chi connectivity index (χ1) is 17.9. The summed E-state index contributed by atoms with van der Waals surface area (Å²) in [6, 6.07) is 0. The molecule has 0 aromatic rings. The molecule has 4 aliphatic rings. The van der Waals surface area contributed by atoms with E-state index in [2.05, 4.69) is 11.7 Å².